The molecule has 3 aromatic rings. The van der Waals surface area contributed by atoms with E-state index in [2.05, 4.69) is 23.2 Å². The molecule has 3 heterocycles. The van der Waals surface area contributed by atoms with E-state index < -0.39 is 0 Å². The van der Waals surface area contributed by atoms with Crippen LogP contribution in [0.1, 0.15) is 18.4 Å². The highest BCUT2D eigenvalue weighted by Crippen LogP contribution is 2.22. The number of hydrogen-bond donors (Lipinski definition) is 1. The molecular weight excluding hydrogens is 312 g/mol. The minimum absolute atomic E-state index is 0.0537. The molecule has 0 aliphatic carbocycles. The van der Waals surface area contributed by atoms with Crippen LogP contribution in [0, 0.1) is 6.92 Å². The number of rotatable bonds is 4. The smallest absolute Gasteiger partial charge is 0.238 e. The van der Waals surface area contributed by atoms with Gasteiger partial charge in [-0.3, -0.25) is 9.69 Å². The summed E-state index contributed by atoms with van der Waals surface area (Å²) >= 11 is 0. The molecule has 1 aliphatic rings. The molecule has 1 amide bonds. The number of amides is 1. The van der Waals surface area contributed by atoms with Crippen molar-refractivity contribution >= 4 is 17.2 Å². The average molecular weight is 334 g/mol. The van der Waals surface area contributed by atoms with Crippen molar-refractivity contribution in [1.29, 1.82) is 0 Å². The van der Waals surface area contributed by atoms with Gasteiger partial charge in [-0.2, -0.15) is 0 Å². The van der Waals surface area contributed by atoms with Gasteiger partial charge in [0, 0.05) is 23.6 Å². The number of hydrogen-bond acceptors (Lipinski definition) is 3. The van der Waals surface area contributed by atoms with Gasteiger partial charge in [0.15, 0.2) is 0 Å². The fraction of sp³-hybridized carbons (Fsp3) is 0.300. The van der Waals surface area contributed by atoms with Gasteiger partial charge in [0.05, 0.1) is 12.2 Å². The van der Waals surface area contributed by atoms with E-state index in [0.29, 0.717) is 6.54 Å². The Hall–Kier alpha value is -2.66. The highest BCUT2D eigenvalue weighted by atomic mass is 16.2. The number of pyridine rings is 1. The van der Waals surface area contributed by atoms with Gasteiger partial charge in [-0.1, -0.05) is 18.2 Å². The number of fused-ring (bicyclic) bond motifs is 1. The molecule has 2 aromatic heterocycles. The molecule has 1 saturated heterocycles. The monoisotopic (exact) mass is 334 g/mol. The summed E-state index contributed by atoms with van der Waals surface area (Å²) in [5.41, 5.74) is 4.93. The number of aryl methyl sites for hydroxylation is 1. The molecule has 1 aliphatic heterocycles. The Morgan fingerprint density at radius 1 is 1.16 bits per heavy atom. The minimum atomic E-state index is 0.0537. The summed E-state index contributed by atoms with van der Waals surface area (Å²) in [4.78, 5) is 19.0. The van der Waals surface area contributed by atoms with Crippen molar-refractivity contribution in [3.05, 3.63) is 54.4 Å². The molecule has 0 radical (unpaired) electrons. The van der Waals surface area contributed by atoms with Crippen molar-refractivity contribution in [3.8, 4) is 11.3 Å². The number of carbonyl (C=O) groups excluding carboxylic acids is 1. The van der Waals surface area contributed by atoms with Crippen LogP contribution < -0.4 is 5.32 Å². The van der Waals surface area contributed by atoms with Gasteiger partial charge in [0.2, 0.25) is 5.91 Å². The third-order valence-electron chi connectivity index (χ3n) is 4.71. The number of likely N-dealkylation sites (tertiary alicyclic amines) is 1. The highest BCUT2D eigenvalue weighted by molar-refractivity contribution is 5.92. The number of imidazole rings is 1. The van der Waals surface area contributed by atoms with Crippen molar-refractivity contribution in [2.45, 2.75) is 19.8 Å². The van der Waals surface area contributed by atoms with E-state index in [0.717, 1.165) is 41.2 Å². The lowest BCUT2D eigenvalue weighted by atomic mass is 10.1. The predicted octanol–water partition coefficient (Wildman–Crippen LogP) is 3.34. The second kappa shape index (κ2) is 6.69. The normalized spacial score (nSPS) is 14.9. The second-order valence-corrected chi connectivity index (χ2v) is 6.66. The Bertz CT molecular complexity index is 892. The van der Waals surface area contributed by atoms with Crippen LogP contribution in [0.5, 0.6) is 0 Å². The summed E-state index contributed by atoms with van der Waals surface area (Å²) in [7, 11) is 0. The third-order valence-corrected chi connectivity index (χ3v) is 4.71. The Balaban J connectivity index is 1.47. The molecule has 0 bridgehead atoms. The van der Waals surface area contributed by atoms with E-state index in [9.17, 15) is 4.79 Å². The topological polar surface area (TPSA) is 49.6 Å². The number of carbonyl (C=O) groups is 1. The first-order valence-corrected chi connectivity index (χ1v) is 8.76. The molecule has 0 spiro atoms. The number of benzene rings is 1. The largest absolute Gasteiger partial charge is 0.325 e. The summed E-state index contributed by atoms with van der Waals surface area (Å²) in [6.45, 7) is 4.60. The molecule has 1 fully saturated rings. The lowest BCUT2D eigenvalue weighted by Gasteiger charge is -2.14. The van der Waals surface area contributed by atoms with Gasteiger partial charge in [0.25, 0.3) is 0 Å². The van der Waals surface area contributed by atoms with E-state index in [-0.39, 0.29) is 5.91 Å². The molecule has 25 heavy (non-hydrogen) atoms. The number of anilines is 1. The van der Waals surface area contributed by atoms with Crippen LogP contribution in [0.25, 0.3) is 16.9 Å². The number of nitrogens with one attached hydrogen (secondary N) is 1. The first-order chi connectivity index (χ1) is 12.2. The number of aromatic nitrogens is 2. The van der Waals surface area contributed by atoms with Crippen molar-refractivity contribution in [3.63, 3.8) is 0 Å². The van der Waals surface area contributed by atoms with Crippen LogP contribution in [0.15, 0.2) is 48.8 Å². The number of nitrogens with zero attached hydrogens (tertiary/aromatic N) is 3. The maximum absolute atomic E-state index is 12.1. The molecule has 5 heteroatoms. The summed E-state index contributed by atoms with van der Waals surface area (Å²) in [6.07, 6.45) is 6.43. The first kappa shape index (κ1) is 15.8. The Morgan fingerprint density at radius 2 is 1.92 bits per heavy atom. The lowest BCUT2D eigenvalue weighted by Crippen LogP contribution is -2.30. The summed E-state index contributed by atoms with van der Waals surface area (Å²) in [5, 5.41) is 2.98. The average Bonchev–Trinajstić information content (AvgIpc) is 3.25. The Morgan fingerprint density at radius 3 is 2.64 bits per heavy atom. The van der Waals surface area contributed by atoms with Crippen molar-refractivity contribution in [2.24, 2.45) is 0 Å². The zero-order valence-corrected chi connectivity index (χ0v) is 14.4. The first-order valence-electron chi connectivity index (χ1n) is 8.76. The second-order valence-electron chi connectivity index (χ2n) is 6.66. The maximum Gasteiger partial charge on any atom is 0.238 e. The van der Waals surface area contributed by atoms with Crippen LogP contribution in [-0.2, 0) is 4.79 Å². The molecule has 5 nitrogen and oxygen atoms in total. The van der Waals surface area contributed by atoms with Crippen molar-refractivity contribution in [1.82, 2.24) is 14.3 Å². The highest BCUT2D eigenvalue weighted by Gasteiger charge is 2.15. The van der Waals surface area contributed by atoms with E-state index in [1.54, 1.807) is 0 Å². The summed E-state index contributed by atoms with van der Waals surface area (Å²) in [5.74, 6) is 0.0537. The van der Waals surface area contributed by atoms with Gasteiger partial charge < -0.3 is 9.72 Å². The van der Waals surface area contributed by atoms with E-state index in [1.807, 2.05) is 47.1 Å². The molecule has 128 valence electrons. The Labute approximate surface area is 147 Å². The summed E-state index contributed by atoms with van der Waals surface area (Å²) < 4.78 is 2.04. The van der Waals surface area contributed by atoms with E-state index in [1.165, 1.54) is 12.8 Å². The van der Waals surface area contributed by atoms with Crippen LogP contribution in [-0.4, -0.2) is 39.8 Å². The molecule has 4 rings (SSSR count). The van der Waals surface area contributed by atoms with Crippen molar-refractivity contribution < 1.29 is 4.79 Å². The maximum atomic E-state index is 12.1. The van der Waals surface area contributed by atoms with Crippen LogP contribution in [0.2, 0.25) is 0 Å². The molecule has 0 unspecified atom stereocenters. The van der Waals surface area contributed by atoms with Crippen LogP contribution in [0.4, 0.5) is 5.69 Å². The quantitative estimate of drug-likeness (QED) is 0.796. The minimum Gasteiger partial charge on any atom is -0.325 e. The Kier molecular flexibility index (Phi) is 4.24. The van der Waals surface area contributed by atoms with Crippen molar-refractivity contribution in [2.75, 3.05) is 25.0 Å². The zero-order chi connectivity index (χ0) is 17.2. The molecule has 0 atom stereocenters. The molecule has 1 aromatic carbocycles. The SMILES string of the molecule is Cc1cccn2cc(-c3ccc(NC(=O)CN4CCCC4)cc3)nc12. The lowest BCUT2D eigenvalue weighted by molar-refractivity contribution is -0.117. The molecule has 1 N–H and O–H groups in total. The van der Waals surface area contributed by atoms with E-state index in [4.69, 9.17) is 4.98 Å². The fourth-order valence-corrected chi connectivity index (χ4v) is 3.36. The van der Waals surface area contributed by atoms with Gasteiger partial charge in [0.1, 0.15) is 5.65 Å². The van der Waals surface area contributed by atoms with Crippen LogP contribution in [0.3, 0.4) is 0 Å². The van der Waals surface area contributed by atoms with Gasteiger partial charge in [-0.05, 0) is 56.6 Å². The zero-order valence-electron chi connectivity index (χ0n) is 14.4. The predicted molar refractivity (Wildman–Crippen MR) is 99.7 cm³/mol. The van der Waals surface area contributed by atoms with Gasteiger partial charge in [-0.25, -0.2) is 4.98 Å². The fourth-order valence-electron chi connectivity index (χ4n) is 3.36. The standard InChI is InChI=1S/C20H22N4O/c1-15-5-4-12-24-13-18(22-20(15)24)16-6-8-17(9-7-16)21-19(25)14-23-10-2-3-11-23/h4-9,12-13H,2-3,10-11,14H2,1H3,(H,21,25). The summed E-state index contributed by atoms with van der Waals surface area (Å²) in [6, 6.07) is 12.0. The molecule has 0 saturated carbocycles. The van der Waals surface area contributed by atoms with Gasteiger partial charge in [-0.15, -0.1) is 0 Å². The van der Waals surface area contributed by atoms with Gasteiger partial charge >= 0.3 is 0 Å². The van der Waals surface area contributed by atoms with Crippen LogP contribution >= 0.6 is 0 Å². The molecular formula is C20H22N4O. The van der Waals surface area contributed by atoms with E-state index >= 15 is 0 Å². The third kappa shape index (κ3) is 3.42.